The maximum absolute atomic E-state index is 12.9. The molecular weight excluding hydrogens is 312 g/mol. The van der Waals surface area contributed by atoms with E-state index in [0.29, 0.717) is 11.3 Å². The van der Waals surface area contributed by atoms with E-state index in [1.165, 1.54) is 19.0 Å². The van der Waals surface area contributed by atoms with Crippen molar-refractivity contribution in [2.75, 3.05) is 31.7 Å². The lowest BCUT2D eigenvalue weighted by atomic mass is 10.2. The predicted octanol–water partition coefficient (Wildman–Crippen LogP) is 2.22. The van der Waals surface area contributed by atoms with Gasteiger partial charge in [-0.15, -0.1) is 11.3 Å². The number of hydrogen-bond donors (Lipinski definition) is 2. The Morgan fingerprint density at radius 1 is 1.52 bits per heavy atom. The number of nitrogens with one attached hydrogen (secondary N) is 1. The fraction of sp³-hybridized carbons (Fsp3) is 0.455. The molecule has 0 aliphatic carbocycles. The summed E-state index contributed by atoms with van der Waals surface area (Å²) in [6.07, 6.45) is -3.84. The van der Waals surface area contributed by atoms with Crippen LogP contribution >= 0.6 is 11.3 Å². The lowest BCUT2D eigenvalue weighted by Gasteiger charge is -2.15. The highest BCUT2D eigenvalue weighted by atomic mass is 32.1. The molecule has 0 radical (unpaired) electrons. The summed E-state index contributed by atoms with van der Waals surface area (Å²) in [4.78, 5) is 13.0. The minimum absolute atomic E-state index is 0.0144. The Morgan fingerprint density at radius 2 is 2.10 bits per heavy atom. The molecule has 0 saturated heterocycles. The first-order valence-electron chi connectivity index (χ1n) is 5.55. The third-order valence-corrected chi connectivity index (χ3v) is 3.61. The Kier molecular flexibility index (Phi) is 5.01. The van der Waals surface area contributed by atoms with E-state index < -0.39 is 24.8 Å². The Bertz CT molecular complexity index is 580. The van der Waals surface area contributed by atoms with E-state index >= 15 is 0 Å². The highest BCUT2D eigenvalue weighted by Gasteiger charge is 2.40. The van der Waals surface area contributed by atoms with Crippen LogP contribution in [0.2, 0.25) is 0 Å². The summed E-state index contributed by atoms with van der Waals surface area (Å²) in [7, 11) is 2.90. The first kappa shape index (κ1) is 17.0. The largest absolute Gasteiger partial charge is 0.396 e. The summed E-state index contributed by atoms with van der Waals surface area (Å²) in [5, 5.41) is 10.9. The molecule has 1 aromatic rings. The molecule has 0 aliphatic rings. The fourth-order valence-electron chi connectivity index (χ4n) is 1.32. The standard InChI is InChI=1S/C11H12F4N4OS/c1-19(2)9(20)7-6(17)5(3-16)8(21-7)18-4-11(14,15)10(12)13/h10,18H,4,17H2,1-2H3. The second-order valence-corrected chi connectivity index (χ2v) is 5.30. The third-order valence-electron chi connectivity index (χ3n) is 2.46. The van der Waals surface area contributed by atoms with E-state index in [2.05, 4.69) is 5.32 Å². The quantitative estimate of drug-likeness (QED) is 0.814. The van der Waals surface area contributed by atoms with Crippen LogP contribution in [-0.2, 0) is 0 Å². The number of carbonyl (C=O) groups excluding carboxylic acids is 1. The van der Waals surface area contributed by atoms with Gasteiger partial charge in [-0.1, -0.05) is 0 Å². The number of amides is 1. The molecule has 0 aliphatic heterocycles. The molecule has 0 unspecified atom stereocenters. The molecule has 0 atom stereocenters. The smallest absolute Gasteiger partial charge is 0.324 e. The summed E-state index contributed by atoms with van der Waals surface area (Å²) in [5.41, 5.74) is 5.24. The van der Waals surface area contributed by atoms with E-state index in [4.69, 9.17) is 11.0 Å². The molecule has 21 heavy (non-hydrogen) atoms. The number of nitrogens with zero attached hydrogens (tertiary/aromatic N) is 2. The molecule has 1 rings (SSSR count). The van der Waals surface area contributed by atoms with Gasteiger partial charge in [0.05, 0.1) is 12.2 Å². The normalized spacial score (nSPS) is 11.3. The molecule has 0 bridgehead atoms. The molecule has 0 spiro atoms. The lowest BCUT2D eigenvalue weighted by Crippen LogP contribution is -2.34. The van der Waals surface area contributed by atoms with Crippen molar-refractivity contribution in [2.24, 2.45) is 0 Å². The molecule has 1 aromatic heterocycles. The number of nitriles is 1. The molecule has 3 N–H and O–H groups in total. The van der Waals surface area contributed by atoms with E-state index in [0.717, 1.165) is 0 Å². The zero-order chi connectivity index (χ0) is 16.4. The Morgan fingerprint density at radius 3 is 2.52 bits per heavy atom. The van der Waals surface area contributed by atoms with Crippen LogP contribution in [0.15, 0.2) is 0 Å². The molecule has 5 nitrogen and oxygen atoms in total. The van der Waals surface area contributed by atoms with Gasteiger partial charge >= 0.3 is 12.3 Å². The van der Waals surface area contributed by atoms with Crippen LogP contribution in [0.4, 0.5) is 28.3 Å². The van der Waals surface area contributed by atoms with Crippen LogP contribution < -0.4 is 11.1 Å². The van der Waals surface area contributed by atoms with Crippen molar-refractivity contribution in [1.82, 2.24) is 4.90 Å². The summed E-state index contributed by atoms with van der Waals surface area (Å²) in [6.45, 7) is -1.37. The van der Waals surface area contributed by atoms with Gasteiger partial charge in [-0.25, -0.2) is 8.78 Å². The minimum atomic E-state index is -4.25. The second-order valence-electron chi connectivity index (χ2n) is 4.28. The number of carbonyl (C=O) groups is 1. The number of anilines is 2. The second kappa shape index (κ2) is 6.17. The summed E-state index contributed by atoms with van der Waals surface area (Å²) < 4.78 is 49.9. The van der Waals surface area contributed by atoms with Crippen molar-refractivity contribution in [3.8, 4) is 6.07 Å². The van der Waals surface area contributed by atoms with Crippen molar-refractivity contribution >= 4 is 27.9 Å². The van der Waals surface area contributed by atoms with Crippen LogP contribution in [0, 0.1) is 11.3 Å². The van der Waals surface area contributed by atoms with Crippen LogP contribution in [0.3, 0.4) is 0 Å². The molecule has 1 heterocycles. The van der Waals surface area contributed by atoms with Crippen molar-refractivity contribution in [3.05, 3.63) is 10.4 Å². The lowest BCUT2D eigenvalue weighted by molar-refractivity contribution is -0.117. The zero-order valence-corrected chi connectivity index (χ0v) is 11.9. The van der Waals surface area contributed by atoms with Crippen LogP contribution in [0.1, 0.15) is 15.2 Å². The highest BCUT2D eigenvalue weighted by Crippen LogP contribution is 2.36. The molecule has 10 heteroatoms. The van der Waals surface area contributed by atoms with Crippen LogP contribution in [0.5, 0.6) is 0 Å². The number of halogens is 4. The minimum Gasteiger partial charge on any atom is -0.396 e. The number of nitrogens with two attached hydrogens (primary N) is 1. The van der Waals surface area contributed by atoms with Crippen molar-refractivity contribution < 1.29 is 22.4 Å². The maximum Gasteiger partial charge on any atom is 0.324 e. The van der Waals surface area contributed by atoms with Crippen molar-refractivity contribution in [2.45, 2.75) is 12.3 Å². The van der Waals surface area contributed by atoms with Gasteiger partial charge in [-0.05, 0) is 0 Å². The maximum atomic E-state index is 12.9. The van der Waals surface area contributed by atoms with Crippen LogP contribution in [-0.4, -0.2) is 43.8 Å². The van der Waals surface area contributed by atoms with Gasteiger partial charge in [0, 0.05) is 14.1 Å². The van der Waals surface area contributed by atoms with Gasteiger partial charge < -0.3 is 16.0 Å². The fourth-order valence-corrected chi connectivity index (χ4v) is 2.40. The number of alkyl halides is 4. The topological polar surface area (TPSA) is 82.2 Å². The van der Waals surface area contributed by atoms with Gasteiger partial charge in [0.2, 0.25) is 0 Å². The molecule has 116 valence electrons. The van der Waals surface area contributed by atoms with Crippen molar-refractivity contribution in [3.63, 3.8) is 0 Å². The Labute approximate surface area is 121 Å². The molecule has 0 aromatic carbocycles. The number of hydrogen-bond acceptors (Lipinski definition) is 5. The predicted molar refractivity (Wildman–Crippen MR) is 70.9 cm³/mol. The third kappa shape index (κ3) is 3.55. The zero-order valence-electron chi connectivity index (χ0n) is 11.1. The van der Waals surface area contributed by atoms with E-state index in [-0.39, 0.29) is 21.1 Å². The van der Waals surface area contributed by atoms with E-state index in [1.807, 2.05) is 0 Å². The highest BCUT2D eigenvalue weighted by molar-refractivity contribution is 7.18. The summed E-state index contributed by atoms with van der Waals surface area (Å²) >= 11 is 0.671. The Hall–Kier alpha value is -2.02. The SMILES string of the molecule is CN(C)C(=O)c1sc(NCC(F)(F)C(F)F)c(C#N)c1N. The molecule has 0 fully saturated rings. The average molecular weight is 324 g/mol. The summed E-state index contributed by atoms with van der Waals surface area (Å²) in [6, 6.07) is 1.66. The van der Waals surface area contributed by atoms with Gasteiger partial charge in [0.25, 0.3) is 5.91 Å². The van der Waals surface area contributed by atoms with Gasteiger partial charge in [0.15, 0.2) is 0 Å². The first-order chi connectivity index (χ1) is 9.61. The van der Waals surface area contributed by atoms with Gasteiger partial charge in [-0.3, -0.25) is 4.79 Å². The molecular formula is C11H12F4N4OS. The number of thiophene rings is 1. The van der Waals surface area contributed by atoms with Crippen molar-refractivity contribution in [1.29, 1.82) is 5.26 Å². The van der Waals surface area contributed by atoms with Gasteiger partial charge in [-0.2, -0.15) is 14.0 Å². The van der Waals surface area contributed by atoms with Gasteiger partial charge in [0.1, 0.15) is 21.5 Å². The van der Waals surface area contributed by atoms with E-state index in [9.17, 15) is 22.4 Å². The van der Waals surface area contributed by atoms with Crippen LogP contribution in [0.25, 0.3) is 0 Å². The number of nitrogen functional groups attached to an aromatic ring is 1. The van der Waals surface area contributed by atoms with E-state index in [1.54, 1.807) is 6.07 Å². The molecule has 0 saturated carbocycles. The average Bonchev–Trinajstić information content (AvgIpc) is 2.71. The Balaban J connectivity index is 3.07. The monoisotopic (exact) mass is 324 g/mol. The molecule has 1 amide bonds. The first-order valence-corrected chi connectivity index (χ1v) is 6.37. The number of rotatable bonds is 5. The summed E-state index contributed by atoms with van der Waals surface area (Å²) in [5.74, 6) is -4.76.